The van der Waals surface area contributed by atoms with Crippen LogP contribution in [0.25, 0.3) is 0 Å². The van der Waals surface area contributed by atoms with Crippen molar-refractivity contribution < 1.29 is 4.79 Å². The highest BCUT2D eigenvalue weighted by molar-refractivity contribution is 7.12. The summed E-state index contributed by atoms with van der Waals surface area (Å²) >= 11 is 1.51. The highest BCUT2D eigenvalue weighted by atomic mass is 35.5. The second-order valence-electron chi connectivity index (χ2n) is 3.26. The van der Waals surface area contributed by atoms with Gasteiger partial charge in [0.1, 0.15) is 0 Å². The maximum Gasteiger partial charge on any atom is 0.263 e. The molecule has 0 radical (unpaired) electrons. The lowest BCUT2D eigenvalue weighted by Crippen LogP contribution is -2.32. The summed E-state index contributed by atoms with van der Waals surface area (Å²) in [6, 6.07) is 1.98. The average Bonchev–Trinajstić information content (AvgIpc) is 2.59. The Bertz CT molecular complexity index is 314. The summed E-state index contributed by atoms with van der Waals surface area (Å²) in [7, 11) is 3.72. The van der Waals surface area contributed by atoms with Crippen LogP contribution in [-0.4, -0.2) is 38.0 Å². The number of hydrogen-bond donors (Lipinski definition) is 1. The monoisotopic (exact) mass is 248 g/mol. The van der Waals surface area contributed by atoms with Crippen LogP contribution < -0.4 is 5.32 Å². The molecule has 0 aliphatic rings. The normalized spacial score (nSPS) is 9.53. The zero-order valence-corrected chi connectivity index (χ0v) is 10.9. The van der Waals surface area contributed by atoms with Crippen molar-refractivity contribution in [1.82, 2.24) is 10.2 Å². The van der Waals surface area contributed by atoms with E-state index in [4.69, 9.17) is 0 Å². The number of carbonyl (C=O) groups is 1. The van der Waals surface area contributed by atoms with Gasteiger partial charge in [0.2, 0.25) is 0 Å². The van der Waals surface area contributed by atoms with Crippen LogP contribution in [0.2, 0.25) is 0 Å². The Balaban J connectivity index is 0.00000196. The van der Waals surface area contributed by atoms with Crippen LogP contribution in [0.3, 0.4) is 0 Å². The van der Waals surface area contributed by atoms with Gasteiger partial charge in [0.15, 0.2) is 0 Å². The Hall–Kier alpha value is -0.580. The Morgan fingerprint density at radius 2 is 2.27 bits per heavy atom. The largest absolute Gasteiger partial charge is 0.340 e. The summed E-state index contributed by atoms with van der Waals surface area (Å²) in [5.41, 5.74) is 1.07. The van der Waals surface area contributed by atoms with Gasteiger partial charge in [0.25, 0.3) is 5.91 Å². The molecule has 0 saturated heterocycles. The molecule has 0 aromatic carbocycles. The van der Waals surface area contributed by atoms with Crippen LogP contribution in [0.4, 0.5) is 0 Å². The van der Waals surface area contributed by atoms with Gasteiger partial charge in [-0.15, -0.1) is 23.7 Å². The Morgan fingerprint density at radius 1 is 1.60 bits per heavy atom. The predicted octanol–water partition coefficient (Wildman–Crippen LogP) is 1.77. The fourth-order valence-electron chi connectivity index (χ4n) is 1.15. The lowest BCUT2D eigenvalue weighted by atomic mass is 10.3. The summed E-state index contributed by atoms with van der Waals surface area (Å²) in [5, 5.41) is 4.98. The number of aryl methyl sites for hydroxylation is 1. The van der Waals surface area contributed by atoms with Gasteiger partial charge in [-0.3, -0.25) is 4.79 Å². The Kier molecular flexibility index (Phi) is 6.56. The van der Waals surface area contributed by atoms with E-state index >= 15 is 0 Å². The second-order valence-corrected chi connectivity index (χ2v) is 4.18. The van der Waals surface area contributed by atoms with Crippen molar-refractivity contribution in [1.29, 1.82) is 0 Å². The zero-order chi connectivity index (χ0) is 10.6. The van der Waals surface area contributed by atoms with Gasteiger partial charge in [-0.05, 0) is 31.0 Å². The van der Waals surface area contributed by atoms with Crippen LogP contribution in [0.1, 0.15) is 15.2 Å². The van der Waals surface area contributed by atoms with E-state index in [-0.39, 0.29) is 18.3 Å². The number of thiophene rings is 1. The summed E-state index contributed by atoms with van der Waals surface area (Å²) in [6.07, 6.45) is 0. The molecule has 0 aliphatic heterocycles. The van der Waals surface area contributed by atoms with E-state index in [9.17, 15) is 4.79 Å². The van der Waals surface area contributed by atoms with Crippen molar-refractivity contribution in [3.05, 3.63) is 21.9 Å². The average molecular weight is 249 g/mol. The van der Waals surface area contributed by atoms with Crippen molar-refractivity contribution >= 4 is 29.7 Å². The molecule has 1 amide bonds. The van der Waals surface area contributed by atoms with Gasteiger partial charge in [-0.25, -0.2) is 0 Å². The van der Waals surface area contributed by atoms with E-state index in [1.165, 1.54) is 11.3 Å². The Labute approximate surface area is 101 Å². The molecule has 0 bridgehead atoms. The lowest BCUT2D eigenvalue weighted by Gasteiger charge is -2.16. The Morgan fingerprint density at radius 3 is 2.73 bits per heavy atom. The molecular weight excluding hydrogens is 232 g/mol. The number of nitrogens with one attached hydrogen (secondary N) is 1. The molecule has 0 atom stereocenters. The lowest BCUT2D eigenvalue weighted by molar-refractivity contribution is 0.0801. The zero-order valence-electron chi connectivity index (χ0n) is 9.24. The third-order valence-corrected chi connectivity index (χ3v) is 3.10. The van der Waals surface area contributed by atoms with Crippen molar-refractivity contribution in [2.75, 3.05) is 27.2 Å². The van der Waals surface area contributed by atoms with Crippen LogP contribution in [0.5, 0.6) is 0 Å². The summed E-state index contributed by atoms with van der Waals surface area (Å²) in [4.78, 5) is 14.4. The van der Waals surface area contributed by atoms with Crippen molar-refractivity contribution in [2.24, 2.45) is 0 Å². The fourth-order valence-corrected chi connectivity index (χ4v) is 2.07. The third kappa shape index (κ3) is 3.81. The first-order valence-electron chi connectivity index (χ1n) is 4.61. The van der Waals surface area contributed by atoms with E-state index in [0.29, 0.717) is 0 Å². The van der Waals surface area contributed by atoms with Crippen LogP contribution in [0.15, 0.2) is 11.4 Å². The number of nitrogens with zero attached hydrogens (tertiary/aromatic N) is 1. The summed E-state index contributed by atoms with van der Waals surface area (Å²) in [5.74, 6) is 0.118. The fraction of sp³-hybridized carbons (Fsp3) is 0.500. The molecule has 3 nitrogen and oxygen atoms in total. The molecule has 0 saturated carbocycles. The number of carbonyl (C=O) groups excluding carboxylic acids is 1. The molecular formula is C10H17ClN2OS. The van der Waals surface area contributed by atoms with Gasteiger partial charge >= 0.3 is 0 Å². The van der Waals surface area contributed by atoms with E-state index in [2.05, 4.69) is 5.32 Å². The molecule has 86 valence electrons. The number of hydrogen-bond acceptors (Lipinski definition) is 3. The van der Waals surface area contributed by atoms with Gasteiger partial charge < -0.3 is 10.2 Å². The minimum atomic E-state index is 0. The molecule has 1 aromatic heterocycles. The van der Waals surface area contributed by atoms with Gasteiger partial charge in [0, 0.05) is 20.1 Å². The number of rotatable bonds is 4. The molecule has 0 aliphatic carbocycles. The molecule has 1 rings (SSSR count). The van der Waals surface area contributed by atoms with Gasteiger partial charge in [0.05, 0.1) is 4.88 Å². The van der Waals surface area contributed by atoms with Crippen LogP contribution >= 0.6 is 23.7 Å². The molecule has 0 fully saturated rings. The topological polar surface area (TPSA) is 32.3 Å². The number of likely N-dealkylation sites (N-methyl/N-ethyl adjacent to an activating group) is 2. The smallest absolute Gasteiger partial charge is 0.263 e. The summed E-state index contributed by atoms with van der Waals surface area (Å²) in [6.45, 7) is 3.54. The molecule has 0 spiro atoms. The maximum atomic E-state index is 11.8. The minimum absolute atomic E-state index is 0. The van der Waals surface area contributed by atoms with E-state index in [0.717, 1.165) is 23.5 Å². The standard InChI is InChI=1S/C10H16N2OS.ClH/c1-8-4-7-14-9(8)10(13)12(3)6-5-11-2;/h4,7,11H,5-6H2,1-3H3;1H. The number of amides is 1. The highest BCUT2D eigenvalue weighted by Crippen LogP contribution is 2.16. The molecule has 1 N–H and O–H groups in total. The molecule has 0 unspecified atom stereocenters. The van der Waals surface area contributed by atoms with Crippen LogP contribution in [0, 0.1) is 6.92 Å². The predicted molar refractivity (Wildman–Crippen MR) is 67.2 cm³/mol. The first-order valence-corrected chi connectivity index (χ1v) is 5.49. The second kappa shape index (κ2) is 6.82. The first-order chi connectivity index (χ1) is 6.66. The van der Waals surface area contributed by atoms with Gasteiger partial charge in [-0.1, -0.05) is 0 Å². The number of halogens is 1. The van der Waals surface area contributed by atoms with E-state index in [1.807, 2.05) is 32.5 Å². The highest BCUT2D eigenvalue weighted by Gasteiger charge is 2.14. The molecule has 15 heavy (non-hydrogen) atoms. The van der Waals surface area contributed by atoms with Crippen molar-refractivity contribution in [2.45, 2.75) is 6.92 Å². The third-order valence-electron chi connectivity index (χ3n) is 2.10. The first kappa shape index (κ1) is 14.4. The molecule has 1 heterocycles. The SMILES string of the molecule is CNCCN(C)C(=O)c1sccc1C.Cl. The molecule has 1 aromatic rings. The van der Waals surface area contributed by atoms with Crippen LogP contribution in [-0.2, 0) is 0 Å². The maximum absolute atomic E-state index is 11.8. The van der Waals surface area contributed by atoms with Crippen molar-refractivity contribution in [3.63, 3.8) is 0 Å². The van der Waals surface area contributed by atoms with E-state index < -0.39 is 0 Å². The van der Waals surface area contributed by atoms with Crippen molar-refractivity contribution in [3.8, 4) is 0 Å². The molecule has 5 heteroatoms. The quantitative estimate of drug-likeness (QED) is 0.881. The minimum Gasteiger partial charge on any atom is -0.340 e. The van der Waals surface area contributed by atoms with E-state index in [1.54, 1.807) is 4.90 Å². The van der Waals surface area contributed by atoms with Gasteiger partial charge in [-0.2, -0.15) is 0 Å². The summed E-state index contributed by atoms with van der Waals surface area (Å²) < 4.78 is 0.